The first kappa shape index (κ1) is 53.3. The Labute approximate surface area is 332 Å². The first-order valence-corrected chi connectivity index (χ1v) is 22.4. The Morgan fingerprint density at radius 1 is 0.391 bits per heavy atom. The predicted molar refractivity (Wildman–Crippen MR) is 211 cm³/mol. The van der Waals surface area contributed by atoms with Crippen LogP contribution in [0.2, 0.25) is 0 Å². The van der Waals surface area contributed by atoms with E-state index >= 15 is 0 Å². The first-order valence-electron chi connectivity index (χ1n) is 17.3. The fourth-order valence-corrected chi connectivity index (χ4v) is 6.77. The van der Waals surface area contributed by atoms with Crippen molar-refractivity contribution in [2.75, 3.05) is 0 Å². The van der Waals surface area contributed by atoms with Gasteiger partial charge in [0.05, 0.1) is 0 Å². The first-order chi connectivity index (χ1) is 20.5. The van der Waals surface area contributed by atoms with Gasteiger partial charge in [0.1, 0.15) is 0 Å². The van der Waals surface area contributed by atoms with Gasteiger partial charge < -0.3 is 0 Å². The van der Waals surface area contributed by atoms with E-state index in [0.717, 1.165) is 71.5 Å². The Morgan fingerprint density at radius 2 is 0.522 bits per heavy atom. The number of halogens is 2. The summed E-state index contributed by atoms with van der Waals surface area (Å²) in [4.78, 5) is 0. The van der Waals surface area contributed by atoms with Crippen molar-refractivity contribution in [3.8, 4) is 0 Å². The van der Waals surface area contributed by atoms with Gasteiger partial charge >= 0.3 is 56.3 Å². The van der Waals surface area contributed by atoms with E-state index < -0.39 is 0 Å². The molecule has 0 amide bonds. The molecule has 0 aromatic heterocycles. The quantitative estimate of drug-likeness (QED) is 0.194. The summed E-state index contributed by atoms with van der Waals surface area (Å²) in [5.74, 6) is 9.45. The zero-order chi connectivity index (χ0) is 34.9. The van der Waals surface area contributed by atoms with Gasteiger partial charge in [-0.3, -0.25) is 0 Å². The molecule has 0 fully saturated rings. The normalized spacial score (nSPS) is 17.2. The summed E-state index contributed by atoms with van der Waals surface area (Å²) >= 11 is 2.11. The molecule has 0 atom stereocenters. The van der Waals surface area contributed by atoms with Crippen molar-refractivity contribution in [2.45, 2.75) is 162 Å². The van der Waals surface area contributed by atoms with Crippen molar-refractivity contribution in [3.63, 3.8) is 0 Å². The molecule has 4 heteroatoms. The SMILES string of the molecule is CC1=C(C(C)C)CC[C-]1C.CC1=C(C(C)C)CC[C-]1C.CC1=C(C(C)C)CC[C-]1C.CC1=C(C(C)C)CC[C-]1C.Cl.Cl.[CH2]=[Hf+2].[CH2]=[Hf+2]. The zero-order valence-corrected chi connectivity index (χ0v) is 42.0. The third-order valence-corrected chi connectivity index (χ3v) is 10.4. The summed E-state index contributed by atoms with van der Waals surface area (Å²) in [5.41, 5.74) is 13.0. The van der Waals surface area contributed by atoms with Crippen LogP contribution in [0, 0.1) is 47.3 Å². The zero-order valence-electron chi connectivity index (χ0n) is 33.2. The van der Waals surface area contributed by atoms with Crippen molar-refractivity contribution in [1.29, 1.82) is 0 Å². The molecule has 4 aliphatic rings. The van der Waals surface area contributed by atoms with E-state index in [4.69, 9.17) is 0 Å². The van der Waals surface area contributed by atoms with E-state index in [2.05, 4.69) is 119 Å². The fourth-order valence-electron chi connectivity index (χ4n) is 6.77. The third-order valence-electron chi connectivity index (χ3n) is 10.4. The standard InChI is InChI=1S/4C10H17.2CH2.2ClH.2Hf/c4*1-7(2)10-6-5-8(3)9(10)4;;;;;;/h4*7H,5-6H2,1-4H3;2*1H2;2*1H;;/q4*-1;;;;;2*+2. The van der Waals surface area contributed by atoms with Crippen LogP contribution in [0.15, 0.2) is 44.6 Å². The molecule has 0 saturated heterocycles. The van der Waals surface area contributed by atoms with Gasteiger partial charge in [0, 0.05) is 0 Å². The Hall–Kier alpha value is 0.500. The molecular weight excluding hydrogens is 932 g/mol. The molecule has 0 aromatic carbocycles. The predicted octanol–water partition coefficient (Wildman–Crippen LogP) is 14.2. The van der Waals surface area contributed by atoms with Gasteiger partial charge in [-0.2, -0.15) is 0 Å². The Kier molecular flexibility index (Phi) is 32.7. The average Bonchev–Trinajstić information content (AvgIpc) is 3.71. The van der Waals surface area contributed by atoms with Gasteiger partial charge in [-0.1, -0.05) is 107 Å². The Balaban J connectivity index is -0.000000243. The van der Waals surface area contributed by atoms with Gasteiger partial charge in [0.15, 0.2) is 0 Å². The van der Waals surface area contributed by atoms with Gasteiger partial charge in [-0.25, -0.2) is 68.3 Å². The molecule has 264 valence electrons. The number of hydrogen-bond donors (Lipinski definition) is 0. The monoisotopic (exact) mass is 1010 g/mol. The van der Waals surface area contributed by atoms with Gasteiger partial charge in [-0.15, -0.1) is 104 Å². The van der Waals surface area contributed by atoms with E-state index in [1.165, 1.54) is 51.4 Å². The minimum absolute atomic E-state index is 0. The molecule has 4 rings (SSSR count). The van der Waals surface area contributed by atoms with E-state index in [-0.39, 0.29) is 24.8 Å². The van der Waals surface area contributed by atoms with Crippen molar-refractivity contribution in [2.24, 2.45) is 23.7 Å². The van der Waals surface area contributed by atoms with Crippen molar-refractivity contribution in [3.05, 3.63) is 68.3 Å². The number of hydrogen-bond acceptors (Lipinski definition) is 0. The summed E-state index contributed by atoms with van der Waals surface area (Å²) in [7, 11) is 0. The Bertz CT molecular complexity index is 810. The van der Waals surface area contributed by atoms with Crippen LogP contribution < -0.4 is 0 Å². The average molecular weight is 1010 g/mol. The van der Waals surface area contributed by atoms with Crippen molar-refractivity contribution < 1.29 is 47.8 Å². The molecule has 0 bridgehead atoms. The van der Waals surface area contributed by atoms with E-state index in [0.29, 0.717) is 0 Å². The molecule has 0 nitrogen and oxygen atoms in total. The topological polar surface area (TPSA) is 0 Å². The molecule has 4 aliphatic carbocycles. The number of allylic oxidation sites excluding steroid dienone is 8. The summed E-state index contributed by atoms with van der Waals surface area (Å²) < 4.78 is 6.78. The minimum atomic E-state index is 0. The molecule has 0 aliphatic heterocycles. The molecule has 0 aromatic rings. The molecule has 0 spiro atoms. The van der Waals surface area contributed by atoms with Crippen LogP contribution in [0.25, 0.3) is 0 Å². The molecule has 46 heavy (non-hydrogen) atoms. The van der Waals surface area contributed by atoms with E-state index in [9.17, 15) is 0 Å². The third kappa shape index (κ3) is 17.9. The van der Waals surface area contributed by atoms with Crippen LogP contribution >= 0.6 is 24.8 Å². The second kappa shape index (κ2) is 28.2. The second-order valence-corrected chi connectivity index (χ2v) is 14.3. The summed E-state index contributed by atoms with van der Waals surface area (Å²) in [5, 5.41) is 0. The summed E-state index contributed by atoms with van der Waals surface area (Å²) in [6.45, 7) is 36.4. The molecule has 0 heterocycles. The van der Waals surface area contributed by atoms with Gasteiger partial charge in [-0.05, 0) is 0 Å². The maximum absolute atomic E-state index is 3.39. The van der Waals surface area contributed by atoms with Gasteiger partial charge in [0.2, 0.25) is 0 Å². The van der Waals surface area contributed by atoms with Crippen LogP contribution in [-0.2, 0) is 47.8 Å². The molecule has 0 saturated carbocycles. The summed E-state index contributed by atoms with van der Waals surface area (Å²) in [6, 6.07) is 0. The van der Waals surface area contributed by atoms with Crippen LogP contribution in [-0.4, -0.2) is 8.52 Å². The molecule has 0 unspecified atom stereocenters. The number of rotatable bonds is 4. The fraction of sp³-hybridized carbons (Fsp3) is 0.667. The molecule has 0 radical (unpaired) electrons. The van der Waals surface area contributed by atoms with Gasteiger partial charge in [0.25, 0.3) is 0 Å². The van der Waals surface area contributed by atoms with Crippen LogP contribution in [0.5, 0.6) is 0 Å². The summed E-state index contributed by atoms with van der Waals surface area (Å²) in [6.07, 6.45) is 10.5. The van der Waals surface area contributed by atoms with Crippen LogP contribution in [0.1, 0.15) is 162 Å². The van der Waals surface area contributed by atoms with E-state index in [1.54, 1.807) is 68.3 Å². The van der Waals surface area contributed by atoms with E-state index in [1.807, 2.05) is 0 Å². The molecular formula is C42H74Cl2Hf2. The Morgan fingerprint density at radius 3 is 0.565 bits per heavy atom. The van der Waals surface area contributed by atoms with Crippen LogP contribution in [0.3, 0.4) is 0 Å². The molecule has 0 N–H and O–H groups in total. The second-order valence-electron chi connectivity index (χ2n) is 14.3. The maximum atomic E-state index is 3.39. The van der Waals surface area contributed by atoms with Crippen molar-refractivity contribution in [1.82, 2.24) is 0 Å². The van der Waals surface area contributed by atoms with Crippen LogP contribution in [0.4, 0.5) is 0 Å². The van der Waals surface area contributed by atoms with Crippen molar-refractivity contribution >= 4 is 33.3 Å².